The van der Waals surface area contributed by atoms with Crippen LogP contribution < -0.4 is 14.8 Å². The van der Waals surface area contributed by atoms with Crippen molar-refractivity contribution in [3.8, 4) is 22.8 Å². The van der Waals surface area contributed by atoms with Crippen LogP contribution in [0.5, 0.6) is 11.5 Å². The van der Waals surface area contributed by atoms with Gasteiger partial charge in [0.15, 0.2) is 5.82 Å². The number of hydrogen-bond donors (Lipinski definition) is 2. The molecule has 7 nitrogen and oxygen atoms in total. The van der Waals surface area contributed by atoms with Crippen molar-refractivity contribution in [2.24, 2.45) is 0 Å². The first-order valence-corrected chi connectivity index (χ1v) is 8.27. The standard InChI is InChI=1S/C19H19N3O4/c1-10-4-7-14(26-10)13-9-16(23)20-19-17(13)18(21-22-19)12-6-5-11(24-2)8-15(12)25-3/h4-8,13H,9H2,1-3H3,(H2,20,21,22,23). The number of rotatable bonds is 4. The van der Waals surface area contributed by atoms with Crippen molar-refractivity contribution in [3.63, 3.8) is 0 Å². The van der Waals surface area contributed by atoms with Gasteiger partial charge in [-0.1, -0.05) is 0 Å². The van der Waals surface area contributed by atoms with Crippen molar-refractivity contribution >= 4 is 11.7 Å². The predicted molar refractivity (Wildman–Crippen MR) is 95.7 cm³/mol. The number of aromatic nitrogens is 2. The number of ether oxygens (including phenoxy) is 2. The summed E-state index contributed by atoms with van der Waals surface area (Å²) in [4.78, 5) is 12.1. The van der Waals surface area contributed by atoms with Gasteiger partial charge in [-0.25, -0.2) is 0 Å². The zero-order valence-electron chi connectivity index (χ0n) is 14.8. The zero-order chi connectivity index (χ0) is 18.3. The second kappa shape index (κ2) is 6.25. The van der Waals surface area contributed by atoms with E-state index in [1.165, 1.54) is 0 Å². The Kier molecular flexibility index (Phi) is 3.91. The van der Waals surface area contributed by atoms with Crippen molar-refractivity contribution in [3.05, 3.63) is 47.4 Å². The number of benzene rings is 1. The Hall–Kier alpha value is -3.22. The molecule has 3 aromatic rings. The molecule has 0 radical (unpaired) electrons. The monoisotopic (exact) mass is 353 g/mol. The van der Waals surface area contributed by atoms with Gasteiger partial charge in [0.2, 0.25) is 5.91 Å². The summed E-state index contributed by atoms with van der Waals surface area (Å²) in [6.07, 6.45) is 0.297. The highest BCUT2D eigenvalue weighted by molar-refractivity contribution is 5.96. The van der Waals surface area contributed by atoms with Gasteiger partial charge in [0.05, 0.1) is 25.8 Å². The van der Waals surface area contributed by atoms with E-state index in [4.69, 9.17) is 13.9 Å². The number of H-pyrrole nitrogens is 1. The summed E-state index contributed by atoms with van der Waals surface area (Å²) in [5.41, 5.74) is 2.52. The predicted octanol–water partition coefficient (Wildman–Crippen LogP) is 3.47. The fourth-order valence-corrected chi connectivity index (χ4v) is 3.35. The number of carbonyl (C=O) groups excluding carboxylic acids is 1. The van der Waals surface area contributed by atoms with Crippen molar-refractivity contribution in [1.82, 2.24) is 10.2 Å². The molecular formula is C19H19N3O4. The van der Waals surface area contributed by atoms with E-state index >= 15 is 0 Å². The van der Waals surface area contributed by atoms with Crippen LogP contribution in [0, 0.1) is 6.92 Å². The molecule has 1 aliphatic rings. The number of fused-ring (bicyclic) bond motifs is 1. The number of anilines is 1. The van der Waals surface area contributed by atoms with Gasteiger partial charge in [-0.05, 0) is 31.2 Å². The van der Waals surface area contributed by atoms with Crippen LogP contribution in [0.4, 0.5) is 5.82 Å². The van der Waals surface area contributed by atoms with Crippen molar-refractivity contribution in [2.45, 2.75) is 19.3 Å². The van der Waals surface area contributed by atoms with Gasteiger partial charge < -0.3 is 19.2 Å². The van der Waals surface area contributed by atoms with E-state index < -0.39 is 0 Å². The van der Waals surface area contributed by atoms with Gasteiger partial charge in [-0.2, -0.15) is 5.10 Å². The molecule has 0 fully saturated rings. The third-order valence-electron chi connectivity index (χ3n) is 4.58. The first-order chi connectivity index (χ1) is 12.6. The third-order valence-corrected chi connectivity index (χ3v) is 4.58. The molecule has 1 amide bonds. The molecule has 7 heteroatoms. The number of nitrogens with zero attached hydrogens (tertiary/aromatic N) is 1. The quantitative estimate of drug-likeness (QED) is 0.750. The number of hydrogen-bond acceptors (Lipinski definition) is 5. The highest BCUT2D eigenvalue weighted by Gasteiger charge is 2.34. The minimum Gasteiger partial charge on any atom is -0.497 e. The highest BCUT2D eigenvalue weighted by atomic mass is 16.5. The van der Waals surface area contributed by atoms with E-state index in [0.717, 1.165) is 28.3 Å². The number of furan rings is 1. The fraction of sp³-hybridized carbons (Fsp3) is 0.263. The van der Waals surface area contributed by atoms with Crippen molar-refractivity contribution < 1.29 is 18.7 Å². The molecule has 1 unspecified atom stereocenters. The first-order valence-electron chi connectivity index (χ1n) is 8.27. The topological polar surface area (TPSA) is 89.4 Å². The van der Waals surface area contributed by atoms with Gasteiger partial charge in [0, 0.05) is 23.6 Å². The number of amides is 1. The Morgan fingerprint density at radius 1 is 1.19 bits per heavy atom. The van der Waals surface area contributed by atoms with Crippen LogP contribution >= 0.6 is 0 Å². The summed E-state index contributed by atoms with van der Waals surface area (Å²) in [7, 11) is 3.22. The number of carbonyl (C=O) groups is 1. The summed E-state index contributed by atoms with van der Waals surface area (Å²) in [6, 6.07) is 9.39. The molecule has 2 N–H and O–H groups in total. The molecule has 0 bridgehead atoms. The van der Waals surface area contributed by atoms with Crippen LogP contribution in [0.25, 0.3) is 11.3 Å². The van der Waals surface area contributed by atoms with Crippen LogP contribution in [0.1, 0.15) is 29.4 Å². The Morgan fingerprint density at radius 2 is 2.04 bits per heavy atom. The molecular weight excluding hydrogens is 334 g/mol. The van der Waals surface area contributed by atoms with Gasteiger partial charge in [0.25, 0.3) is 0 Å². The van der Waals surface area contributed by atoms with Gasteiger partial charge >= 0.3 is 0 Å². The normalized spacial score (nSPS) is 16.1. The van der Waals surface area contributed by atoms with E-state index in [9.17, 15) is 4.79 Å². The molecule has 0 spiro atoms. The fourth-order valence-electron chi connectivity index (χ4n) is 3.35. The lowest BCUT2D eigenvalue weighted by molar-refractivity contribution is -0.116. The molecule has 134 valence electrons. The smallest absolute Gasteiger partial charge is 0.226 e. The average molecular weight is 353 g/mol. The largest absolute Gasteiger partial charge is 0.497 e. The van der Waals surface area contributed by atoms with Gasteiger partial charge in [-0.15, -0.1) is 0 Å². The third kappa shape index (κ3) is 2.61. The van der Waals surface area contributed by atoms with Gasteiger partial charge in [0.1, 0.15) is 23.0 Å². The second-order valence-electron chi connectivity index (χ2n) is 6.18. The summed E-state index contributed by atoms with van der Waals surface area (Å²) in [6.45, 7) is 1.89. The lowest BCUT2D eigenvalue weighted by atomic mass is 9.88. The van der Waals surface area contributed by atoms with E-state index in [0.29, 0.717) is 23.7 Å². The molecule has 3 heterocycles. The lowest BCUT2D eigenvalue weighted by Gasteiger charge is -2.22. The molecule has 0 aliphatic carbocycles. The number of aryl methyl sites for hydroxylation is 1. The maximum atomic E-state index is 12.1. The van der Waals surface area contributed by atoms with Crippen LogP contribution in [-0.4, -0.2) is 30.3 Å². The Bertz CT molecular complexity index is 973. The van der Waals surface area contributed by atoms with Crippen LogP contribution in [0.3, 0.4) is 0 Å². The second-order valence-corrected chi connectivity index (χ2v) is 6.18. The number of nitrogens with one attached hydrogen (secondary N) is 2. The molecule has 4 rings (SSSR count). The zero-order valence-corrected chi connectivity index (χ0v) is 14.8. The lowest BCUT2D eigenvalue weighted by Crippen LogP contribution is -2.23. The number of aromatic amines is 1. The van der Waals surface area contributed by atoms with Crippen LogP contribution in [0.2, 0.25) is 0 Å². The van der Waals surface area contributed by atoms with Crippen LogP contribution in [0.15, 0.2) is 34.7 Å². The maximum Gasteiger partial charge on any atom is 0.226 e. The molecule has 0 saturated heterocycles. The van der Waals surface area contributed by atoms with E-state index in [1.807, 2.05) is 37.3 Å². The van der Waals surface area contributed by atoms with Gasteiger partial charge in [-0.3, -0.25) is 9.89 Å². The van der Waals surface area contributed by atoms with Crippen LogP contribution in [-0.2, 0) is 4.79 Å². The Labute approximate surface area is 150 Å². The average Bonchev–Trinajstić information content (AvgIpc) is 3.26. The minimum atomic E-state index is -0.215. The van der Waals surface area contributed by atoms with Crippen molar-refractivity contribution in [1.29, 1.82) is 0 Å². The molecule has 1 aliphatic heterocycles. The molecule has 2 aromatic heterocycles. The maximum absolute atomic E-state index is 12.1. The molecule has 1 aromatic carbocycles. The summed E-state index contributed by atoms with van der Waals surface area (Å²) < 4.78 is 16.6. The summed E-state index contributed by atoms with van der Waals surface area (Å²) in [5.74, 6) is 3.12. The summed E-state index contributed by atoms with van der Waals surface area (Å²) in [5, 5.41) is 10.2. The molecule has 26 heavy (non-hydrogen) atoms. The Morgan fingerprint density at radius 3 is 2.73 bits per heavy atom. The first kappa shape index (κ1) is 16.3. The molecule has 0 saturated carbocycles. The highest BCUT2D eigenvalue weighted by Crippen LogP contribution is 2.44. The SMILES string of the molecule is COc1ccc(-c2[nH]nc3c2C(c2ccc(C)o2)CC(=O)N3)c(OC)c1. The summed E-state index contributed by atoms with van der Waals surface area (Å²) >= 11 is 0. The van der Waals surface area contributed by atoms with E-state index in [2.05, 4.69) is 15.5 Å². The Balaban J connectivity index is 1.87. The van der Waals surface area contributed by atoms with E-state index in [-0.39, 0.29) is 11.8 Å². The molecule has 1 atom stereocenters. The van der Waals surface area contributed by atoms with E-state index in [1.54, 1.807) is 14.2 Å². The minimum absolute atomic E-state index is 0.0868. The van der Waals surface area contributed by atoms with Crippen molar-refractivity contribution in [2.75, 3.05) is 19.5 Å². The number of methoxy groups -OCH3 is 2.